The van der Waals surface area contributed by atoms with Crippen LogP contribution in [0.3, 0.4) is 0 Å². The van der Waals surface area contributed by atoms with E-state index in [-0.39, 0.29) is 18.9 Å². The lowest BCUT2D eigenvalue weighted by molar-refractivity contribution is -0.143. The number of benzene rings is 2. The number of amides is 1. The van der Waals surface area contributed by atoms with Gasteiger partial charge in [0.15, 0.2) is 0 Å². The molecule has 6 nitrogen and oxygen atoms in total. The highest BCUT2D eigenvalue weighted by molar-refractivity contribution is 5.86. The molecule has 2 N–H and O–H groups in total. The first-order valence-electron chi connectivity index (χ1n) is 10.2. The largest absolute Gasteiger partial charge is 0.480 e. The monoisotopic (exact) mass is 408 g/mol. The Morgan fingerprint density at radius 3 is 2.33 bits per heavy atom. The molecule has 0 aliphatic rings. The van der Waals surface area contributed by atoms with Crippen LogP contribution in [-0.4, -0.2) is 44.3 Å². The van der Waals surface area contributed by atoms with Gasteiger partial charge in [-0.15, -0.1) is 0 Å². The summed E-state index contributed by atoms with van der Waals surface area (Å²) in [6.45, 7) is 5.94. The van der Waals surface area contributed by atoms with E-state index < -0.39 is 18.1 Å². The minimum absolute atomic E-state index is 0.0737. The van der Waals surface area contributed by atoms with Crippen molar-refractivity contribution in [3.05, 3.63) is 66.0 Å². The second kappa shape index (κ2) is 9.03. The standard InChI is InChI=1S/C24H28N2O4/c1-16(2)14-22(23(27)28)25(24(29)30)13-12-21-19-10-6-5-9-18(19)15-26(21)20-11-7-4-8-17(20)3/h4-11,15-16,22H,12-14H2,1-3H3,(H,27,28)(H,29,30). The molecule has 158 valence electrons. The minimum atomic E-state index is -1.21. The van der Waals surface area contributed by atoms with Gasteiger partial charge in [-0.2, -0.15) is 0 Å². The Hall–Kier alpha value is -3.28. The van der Waals surface area contributed by atoms with Gasteiger partial charge >= 0.3 is 12.1 Å². The molecule has 0 saturated heterocycles. The zero-order chi connectivity index (χ0) is 21.8. The van der Waals surface area contributed by atoms with Crippen LogP contribution < -0.4 is 0 Å². The maximum atomic E-state index is 11.9. The number of carboxylic acid groups (broad SMARTS) is 2. The van der Waals surface area contributed by atoms with E-state index in [2.05, 4.69) is 10.8 Å². The summed E-state index contributed by atoms with van der Waals surface area (Å²) in [5.41, 5.74) is 3.11. The molecular weight excluding hydrogens is 380 g/mol. The molecule has 0 aliphatic carbocycles. The van der Waals surface area contributed by atoms with Gasteiger partial charge in [0.25, 0.3) is 0 Å². The highest BCUT2D eigenvalue weighted by Gasteiger charge is 2.30. The van der Waals surface area contributed by atoms with Crippen molar-refractivity contribution in [2.24, 2.45) is 5.92 Å². The molecule has 3 rings (SSSR count). The topological polar surface area (TPSA) is 82.8 Å². The van der Waals surface area contributed by atoms with Crippen LogP contribution in [0.5, 0.6) is 0 Å². The molecule has 3 aromatic rings. The molecule has 30 heavy (non-hydrogen) atoms. The highest BCUT2D eigenvalue weighted by Crippen LogP contribution is 2.27. The first kappa shape index (κ1) is 21.4. The van der Waals surface area contributed by atoms with Crippen molar-refractivity contribution >= 4 is 22.8 Å². The number of hydrogen-bond donors (Lipinski definition) is 2. The van der Waals surface area contributed by atoms with Gasteiger partial charge in [0.1, 0.15) is 6.04 Å². The molecule has 0 spiro atoms. The van der Waals surface area contributed by atoms with Gasteiger partial charge < -0.3 is 14.8 Å². The van der Waals surface area contributed by atoms with Crippen LogP contribution >= 0.6 is 0 Å². The van der Waals surface area contributed by atoms with E-state index in [0.717, 1.165) is 32.6 Å². The summed E-state index contributed by atoms with van der Waals surface area (Å²) in [5, 5.41) is 21.5. The van der Waals surface area contributed by atoms with Crippen LogP contribution in [-0.2, 0) is 11.2 Å². The van der Waals surface area contributed by atoms with Gasteiger partial charge in [-0.25, -0.2) is 9.59 Å². The van der Waals surface area contributed by atoms with Crippen molar-refractivity contribution in [1.29, 1.82) is 0 Å². The average molecular weight is 408 g/mol. The van der Waals surface area contributed by atoms with E-state index in [4.69, 9.17) is 0 Å². The van der Waals surface area contributed by atoms with Crippen molar-refractivity contribution < 1.29 is 19.8 Å². The maximum Gasteiger partial charge on any atom is 0.408 e. The third-order valence-corrected chi connectivity index (χ3v) is 5.40. The Labute approximate surface area is 176 Å². The van der Waals surface area contributed by atoms with Crippen molar-refractivity contribution in [2.45, 2.75) is 39.7 Å². The van der Waals surface area contributed by atoms with E-state index in [9.17, 15) is 19.8 Å². The predicted molar refractivity (Wildman–Crippen MR) is 117 cm³/mol. The van der Waals surface area contributed by atoms with Crippen LogP contribution in [0.25, 0.3) is 16.5 Å². The number of fused-ring (bicyclic) bond motifs is 1. The van der Waals surface area contributed by atoms with Crippen molar-refractivity contribution in [1.82, 2.24) is 9.47 Å². The number of rotatable bonds is 8. The molecule has 0 radical (unpaired) electrons. The first-order valence-corrected chi connectivity index (χ1v) is 10.2. The fourth-order valence-electron chi connectivity index (χ4n) is 3.94. The molecule has 0 aliphatic heterocycles. The number of aryl methyl sites for hydroxylation is 1. The van der Waals surface area contributed by atoms with E-state index in [0.29, 0.717) is 6.42 Å². The fraction of sp³-hybridized carbons (Fsp3) is 0.333. The number of nitrogens with zero attached hydrogens (tertiary/aromatic N) is 2. The highest BCUT2D eigenvalue weighted by atomic mass is 16.4. The van der Waals surface area contributed by atoms with Crippen LogP contribution in [0.2, 0.25) is 0 Å². The number of carboxylic acids is 1. The lowest BCUT2D eigenvalue weighted by Gasteiger charge is -2.27. The quantitative estimate of drug-likeness (QED) is 0.552. The van der Waals surface area contributed by atoms with Gasteiger partial charge in [-0.3, -0.25) is 4.90 Å². The van der Waals surface area contributed by atoms with Gasteiger partial charge in [-0.1, -0.05) is 56.3 Å². The lowest BCUT2D eigenvalue weighted by atomic mass is 10.0. The molecule has 2 aromatic carbocycles. The Bertz CT molecular complexity index is 1050. The Balaban J connectivity index is 2.00. The Kier molecular flexibility index (Phi) is 6.45. The number of hydrogen-bond acceptors (Lipinski definition) is 2. The summed E-state index contributed by atoms with van der Waals surface area (Å²) < 4.78 is 2.10. The molecule has 6 heteroatoms. The molecule has 1 atom stereocenters. The second-order valence-electron chi connectivity index (χ2n) is 8.03. The minimum Gasteiger partial charge on any atom is -0.480 e. The summed E-state index contributed by atoms with van der Waals surface area (Å²) in [7, 11) is 0. The van der Waals surface area contributed by atoms with Gasteiger partial charge in [0, 0.05) is 41.3 Å². The van der Waals surface area contributed by atoms with Gasteiger partial charge in [0.05, 0.1) is 0 Å². The first-order chi connectivity index (χ1) is 14.3. The SMILES string of the molecule is Cc1ccccc1-n1cc2ccccc2c1CCN(C(=O)O)C(CC(C)C)C(=O)O. The molecular formula is C24H28N2O4. The third-order valence-electron chi connectivity index (χ3n) is 5.40. The van der Waals surface area contributed by atoms with Crippen LogP contribution in [0, 0.1) is 12.8 Å². The summed E-state index contributed by atoms with van der Waals surface area (Å²) in [4.78, 5) is 24.8. The smallest absolute Gasteiger partial charge is 0.408 e. The summed E-state index contributed by atoms with van der Waals surface area (Å²) in [6, 6.07) is 15.0. The third kappa shape index (κ3) is 4.48. The number of carbonyl (C=O) groups is 2. The lowest BCUT2D eigenvalue weighted by Crippen LogP contribution is -2.46. The second-order valence-corrected chi connectivity index (χ2v) is 8.03. The summed E-state index contributed by atoms with van der Waals surface area (Å²) in [5.74, 6) is -1.03. The summed E-state index contributed by atoms with van der Waals surface area (Å²) >= 11 is 0. The molecule has 0 fully saturated rings. The van der Waals surface area contributed by atoms with E-state index in [1.807, 2.05) is 69.3 Å². The zero-order valence-electron chi connectivity index (χ0n) is 17.6. The average Bonchev–Trinajstić information content (AvgIpc) is 3.05. The molecule has 0 saturated carbocycles. The van der Waals surface area contributed by atoms with E-state index in [1.54, 1.807) is 0 Å². The van der Waals surface area contributed by atoms with Crippen LogP contribution in [0.15, 0.2) is 54.7 Å². The maximum absolute atomic E-state index is 11.9. The summed E-state index contributed by atoms with van der Waals surface area (Å²) in [6.07, 6.45) is 1.54. The predicted octanol–water partition coefficient (Wildman–Crippen LogP) is 4.96. The van der Waals surface area contributed by atoms with Crippen molar-refractivity contribution in [2.75, 3.05) is 6.54 Å². The molecule has 1 aromatic heterocycles. The van der Waals surface area contributed by atoms with Crippen molar-refractivity contribution in [3.8, 4) is 5.69 Å². The van der Waals surface area contributed by atoms with Gasteiger partial charge in [-0.05, 0) is 30.9 Å². The van der Waals surface area contributed by atoms with Gasteiger partial charge in [0.2, 0.25) is 0 Å². The normalized spacial score (nSPS) is 12.3. The van der Waals surface area contributed by atoms with Crippen molar-refractivity contribution in [3.63, 3.8) is 0 Å². The molecule has 1 amide bonds. The number of para-hydroxylation sites is 1. The zero-order valence-corrected chi connectivity index (χ0v) is 17.6. The Morgan fingerprint density at radius 1 is 1.03 bits per heavy atom. The van der Waals surface area contributed by atoms with Crippen LogP contribution in [0.4, 0.5) is 4.79 Å². The Morgan fingerprint density at radius 2 is 1.70 bits per heavy atom. The fourth-order valence-corrected chi connectivity index (χ4v) is 3.94. The number of aliphatic carboxylic acids is 1. The van der Waals surface area contributed by atoms with E-state index in [1.165, 1.54) is 0 Å². The molecule has 0 bridgehead atoms. The van der Waals surface area contributed by atoms with Crippen LogP contribution in [0.1, 0.15) is 31.5 Å². The molecule has 1 heterocycles. The van der Waals surface area contributed by atoms with E-state index >= 15 is 0 Å². The molecule has 1 unspecified atom stereocenters. The number of aromatic nitrogens is 1.